The van der Waals surface area contributed by atoms with Crippen LogP contribution in [-0.2, 0) is 21.8 Å². The Bertz CT molecular complexity index is 101. The second-order valence-corrected chi connectivity index (χ2v) is 1.08. The number of halogens is 3. The van der Waals surface area contributed by atoms with E-state index in [9.17, 15) is 0 Å². The Morgan fingerprint density at radius 1 is 0.818 bits per heavy atom. The van der Waals surface area contributed by atoms with Gasteiger partial charge in [0.05, 0.1) is 0 Å². The zero-order valence-electron chi connectivity index (χ0n) is 5.73. The second kappa shape index (κ2) is 22.4. The van der Waals surface area contributed by atoms with Gasteiger partial charge in [0.1, 0.15) is 0 Å². The summed E-state index contributed by atoms with van der Waals surface area (Å²) in [5.41, 5.74) is 0. The van der Waals surface area contributed by atoms with Gasteiger partial charge in [-0.3, -0.25) is 0 Å². The Morgan fingerprint density at radius 2 is 1.18 bits per heavy atom. The predicted molar refractivity (Wildman–Crippen MR) is 47.7 cm³/mol. The summed E-state index contributed by atoms with van der Waals surface area (Å²) in [6, 6.07) is 12.5. The van der Waals surface area contributed by atoms with Crippen molar-refractivity contribution in [2.45, 2.75) is 0 Å². The molecule has 0 aromatic heterocycles. The van der Waals surface area contributed by atoms with Gasteiger partial charge < -0.3 is 0 Å². The van der Waals surface area contributed by atoms with Crippen LogP contribution in [0.15, 0.2) is 30.3 Å². The Morgan fingerprint density at radius 3 is 1.27 bits per heavy atom. The Hall–Kier alpha value is 0.513. The molecule has 1 nitrogen and oxygen atoms in total. The second-order valence-electron chi connectivity index (χ2n) is 1.08. The fourth-order valence-electron chi connectivity index (χ4n) is 0.342. The molecule has 0 atom stereocenters. The molecule has 11 heavy (non-hydrogen) atoms. The molecule has 1 rings (SSSR count). The summed E-state index contributed by atoms with van der Waals surface area (Å²) < 4.78 is 8.38. The summed E-state index contributed by atoms with van der Waals surface area (Å²) >= 11 is 0.125. The third kappa shape index (κ3) is 18.0. The van der Waals surface area contributed by atoms with Gasteiger partial charge in [-0.1, -0.05) is 0 Å². The number of hydrogen-bond donors (Lipinski definition) is 0. The normalized spacial score (nSPS) is 4.91. The minimum absolute atomic E-state index is 0. The number of hydrogen-bond acceptors (Lipinski definition) is 1. The van der Waals surface area contributed by atoms with Crippen LogP contribution in [0.5, 0.6) is 0 Å². The first kappa shape index (κ1) is 22.5. The predicted octanol–water partition coefficient (Wildman–Crippen LogP) is 2.63. The minimum Gasteiger partial charge on any atom is -0.184 e. The van der Waals surface area contributed by atoms with Gasteiger partial charge in [0.25, 0.3) is 0 Å². The molecule has 0 heterocycles. The fraction of sp³-hybridized carbons (Fsp3) is 0. The van der Waals surface area contributed by atoms with Gasteiger partial charge in [-0.25, -0.2) is 0 Å². The van der Waals surface area contributed by atoms with Gasteiger partial charge >= 0.3 is 21.8 Å². The van der Waals surface area contributed by atoms with Gasteiger partial charge in [-0.2, -0.15) is 36.4 Å². The average Bonchev–Trinajstić information content (AvgIpc) is 1.96. The molecule has 0 saturated carbocycles. The van der Waals surface area contributed by atoms with Gasteiger partial charge in [-0.15, -0.1) is 37.2 Å². The SMILES string of the molecule is Cl.Cl.Cl.[O]=[Zn].[c-]1ccccc1. The van der Waals surface area contributed by atoms with Gasteiger partial charge in [0, 0.05) is 0 Å². The molecule has 0 aliphatic rings. The van der Waals surface area contributed by atoms with E-state index in [0.29, 0.717) is 0 Å². The van der Waals surface area contributed by atoms with Crippen molar-refractivity contribution in [1.29, 1.82) is 0 Å². The van der Waals surface area contributed by atoms with Crippen molar-refractivity contribution in [3.8, 4) is 0 Å². The van der Waals surface area contributed by atoms with Crippen molar-refractivity contribution in [1.82, 2.24) is 0 Å². The first-order valence-corrected chi connectivity index (χ1v) is 3.41. The third-order valence-electron chi connectivity index (χ3n) is 0.607. The maximum Gasteiger partial charge on any atom is -0.171 e. The summed E-state index contributed by atoms with van der Waals surface area (Å²) in [7, 11) is 0. The van der Waals surface area contributed by atoms with Crippen molar-refractivity contribution < 1.29 is 21.8 Å². The van der Waals surface area contributed by atoms with E-state index >= 15 is 0 Å². The largest absolute Gasteiger partial charge is 0.184 e. The molecule has 0 aliphatic carbocycles. The molecular weight excluding hydrogens is 260 g/mol. The molecule has 0 aliphatic heterocycles. The van der Waals surface area contributed by atoms with Crippen LogP contribution in [0, 0.1) is 6.07 Å². The average molecular weight is 268 g/mol. The van der Waals surface area contributed by atoms with E-state index in [1.807, 2.05) is 30.3 Å². The minimum atomic E-state index is 0. The van der Waals surface area contributed by atoms with Crippen LogP contribution in [0.3, 0.4) is 0 Å². The van der Waals surface area contributed by atoms with Crippen molar-refractivity contribution in [2.75, 3.05) is 0 Å². The van der Waals surface area contributed by atoms with E-state index < -0.39 is 0 Å². The summed E-state index contributed by atoms with van der Waals surface area (Å²) in [6.45, 7) is 0. The van der Waals surface area contributed by atoms with E-state index in [4.69, 9.17) is 3.57 Å². The standard InChI is InChI=1S/C6H5.3ClH.O.Zn/c1-2-4-6-5-3-1;;;;;/h1-5H;3*1H;;/q-1;;;;;. The van der Waals surface area contributed by atoms with Crippen molar-refractivity contribution in [2.24, 2.45) is 0 Å². The van der Waals surface area contributed by atoms with E-state index in [1.54, 1.807) is 0 Å². The molecule has 62 valence electrons. The molecule has 0 fully saturated rings. The first-order valence-electron chi connectivity index (χ1n) is 2.20. The Balaban J connectivity index is -0.0000000459. The van der Waals surface area contributed by atoms with E-state index in [0.717, 1.165) is 0 Å². The summed E-state index contributed by atoms with van der Waals surface area (Å²) in [6.07, 6.45) is 0. The number of rotatable bonds is 0. The molecule has 0 radical (unpaired) electrons. The smallest absolute Gasteiger partial charge is 0.171 e. The van der Waals surface area contributed by atoms with Gasteiger partial charge in [-0.05, 0) is 0 Å². The fourth-order valence-corrected chi connectivity index (χ4v) is 0.342. The maximum absolute atomic E-state index is 8.38. The van der Waals surface area contributed by atoms with Crippen LogP contribution in [0.25, 0.3) is 0 Å². The number of benzene rings is 1. The topological polar surface area (TPSA) is 17.1 Å². The quantitative estimate of drug-likeness (QED) is 0.522. The molecule has 0 unspecified atom stereocenters. The molecule has 0 N–H and O–H groups in total. The molecule has 0 amide bonds. The molecule has 1 aromatic rings. The first-order chi connectivity index (χ1) is 4.00. The van der Waals surface area contributed by atoms with Gasteiger partial charge in [0.2, 0.25) is 0 Å². The summed E-state index contributed by atoms with van der Waals surface area (Å²) in [5.74, 6) is 0. The molecule has 0 bridgehead atoms. The van der Waals surface area contributed by atoms with Crippen molar-refractivity contribution in [3.05, 3.63) is 36.4 Å². The molecule has 0 saturated heterocycles. The monoisotopic (exact) mass is 265 g/mol. The maximum atomic E-state index is 8.38. The molecule has 0 spiro atoms. The molecule has 1 aromatic carbocycles. The zero-order chi connectivity index (χ0) is 6.24. The van der Waals surface area contributed by atoms with Crippen LogP contribution in [0.2, 0.25) is 0 Å². The molecular formula is C6H8Cl3OZn-. The Labute approximate surface area is 95.1 Å². The summed E-state index contributed by atoms with van der Waals surface area (Å²) in [4.78, 5) is 0. The molecule has 5 heteroatoms. The van der Waals surface area contributed by atoms with Crippen LogP contribution >= 0.6 is 37.2 Å². The van der Waals surface area contributed by atoms with E-state index in [2.05, 4.69) is 6.07 Å². The zero-order valence-corrected chi connectivity index (χ0v) is 11.1. The van der Waals surface area contributed by atoms with Gasteiger partial charge in [0.15, 0.2) is 0 Å². The van der Waals surface area contributed by atoms with Crippen molar-refractivity contribution >= 4 is 37.2 Å². The van der Waals surface area contributed by atoms with Crippen LogP contribution in [0.1, 0.15) is 0 Å². The van der Waals surface area contributed by atoms with E-state index in [1.165, 1.54) is 0 Å². The Kier molecular flexibility index (Phi) is 46.0. The van der Waals surface area contributed by atoms with Crippen LogP contribution in [-0.4, -0.2) is 0 Å². The van der Waals surface area contributed by atoms with E-state index in [-0.39, 0.29) is 55.5 Å². The summed E-state index contributed by atoms with van der Waals surface area (Å²) in [5, 5.41) is 0. The van der Waals surface area contributed by atoms with Crippen molar-refractivity contribution in [3.63, 3.8) is 0 Å². The van der Waals surface area contributed by atoms with Crippen LogP contribution < -0.4 is 0 Å². The third-order valence-corrected chi connectivity index (χ3v) is 0.607. The van der Waals surface area contributed by atoms with Crippen LogP contribution in [0.4, 0.5) is 0 Å².